The van der Waals surface area contributed by atoms with E-state index in [1.807, 2.05) is 30.3 Å². The first-order valence-electron chi connectivity index (χ1n) is 8.20. The second-order valence-electron chi connectivity index (χ2n) is 7.21. The number of esters is 1. The Morgan fingerprint density at radius 1 is 1.20 bits per heavy atom. The monoisotopic (exact) mass is 361 g/mol. The first kappa shape index (κ1) is 20.8. The Kier molecular flexibility index (Phi) is 7.25. The topological polar surface area (TPSA) is 64.6 Å². The molecule has 0 spiro atoms. The van der Waals surface area contributed by atoms with Crippen molar-refractivity contribution < 1.29 is 19.1 Å². The van der Waals surface area contributed by atoms with Gasteiger partial charge in [-0.1, -0.05) is 54.5 Å². The highest BCUT2D eigenvalue weighted by Gasteiger charge is 2.36. The molecule has 0 heterocycles. The van der Waals surface area contributed by atoms with Gasteiger partial charge in [0.1, 0.15) is 20.2 Å². The van der Waals surface area contributed by atoms with Crippen molar-refractivity contribution in [2.75, 3.05) is 6.54 Å². The molecule has 0 fully saturated rings. The number of hydrogen-bond acceptors (Lipinski definition) is 4. The summed E-state index contributed by atoms with van der Waals surface area (Å²) in [6.07, 6.45) is -0.651. The Morgan fingerprint density at radius 3 is 2.32 bits per heavy atom. The van der Waals surface area contributed by atoms with Crippen molar-refractivity contribution in [2.45, 2.75) is 52.1 Å². The van der Waals surface area contributed by atoms with E-state index in [0.29, 0.717) is 0 Å². The van der Waals surface area contributed by atoms with E-state index >= 15 is 0 Å². The summed E-state index contributed by atoms with van der Waals surface area (Å²) in [5.41, 5.74) is -1.11. The molecule has 0 saturated carbocycles. The van der Waals surface area contributed by atoms with Gasteiger partial charge in [0.2, 0.25) is 0 Å². The number of rotatable bonds is 5. The summed E-state index contributed by atoms with van der Waals surface area (Å²) < 4.78 is 10.7. The first-order chi connectivity index (χ1) is 11.6. The molecule has 0 radical (unpaired) electrons. The number of hydrogen-bond donors (Lipinski definition) is 1. The number of amides is 1. The highest BCUT2D eigenvalue weighted by molar-refractivity contribution is 6.91. The van der Waals surface area contributed by atoms with Gasteiger partial charge in [-0.15, -0.1) is 5.92 Å². The third-order valence-electron chi connectivity index (χ3n) is 3.47. The minimum absolute atomic E-state index is 0.254. The summed E-state index contributed by atoms with van der Waals surface area (Å²) in [5.74, 6) is 5.31. The molecule has 1 atom stereocenters. The molecule has 6 heteroatoms. The van der Waals surface area contributed by atoms with Crippen LogP contribution in [-0.4, -0.2) is 38.0 Å². The second-order valence-corrected chi connectivity index (χ2v) is 11.8. The van der Waals surface area contributed by atoms with E-state index in [9.17, 15) is 9.59 Å². The molecular weight excluding hydrogens is 334 g/mol. The molecule has 1 aromatic carbocycles. The number of carbonyl (C=O) groups excluding carboxylic acids is 2. The van der Waals surface area contributed by atoms with Crippen molar-refractivity contribution in [3.63, 3.8) is 0 Å². The summed E-state index contributed by atoms with van der Waals surface area (Å²) in [4.78, 5) is 23.8. The fourth-order valence-corrected chi connectivity index (χ4v) is 4.42. The summed E-state index contributed by atoms with van der Waals surface area (Å²) in [6.45, 7) is 10.9. The molecule has 0 aliphatic heterocycles. The average molecular weight is 362 g/mol. The van der Waals surface area contributed by atoms with Crippen LogP contribution in [0.15, 0.2) is 30.3 Å². The lowest BCUT2D eigenvalue weighted by Gasteiger charge is -2.29. The van der Waals surface area contributed by atoms with Crippen molar-refractivity contribution in [3.05, 3.63) is 30.3 Å². The Hall–Kier alpha value is -2.26. The maximum Gasteiger partial charge on any atom is 0.408 e. The van der Waals surface area contributed by atoms with Crippen LogP contribution < -0.4 is 10.5 Å². The van der Waals surface area contributed by atoms with Crippen LogP contribution in [0, 0.1) is 11.8 Å². The lowest BCUT2D eigenvalue weighted by molar-refractivity contribution is -0.142. The van der Waals surface area contributed by atoms with Gasteiger partial charge >= 0.3 is 12.1 Å². The predicted octanol–water partition coefficient (Wildman–Crippen LogP) is 2.60. The first-order valence-corrected chi connectivity index (χ1v) is 11.3. The molecule has 0 aliphatic rings. The van der Waals surface area contributed by atoms with Gasteiger partial charge in [-0.2, -0.15) is 0 Å². The standard InChI is InChI=1S/C19H27NO4Si/c1-7-11-17(25(5,6)15-12-9-8-10-13-15)23-16(21)14-20-18(22)24-19(2,3)4/h8-10,12-13,17H,14H2,1-6H3,(H,20,22)/t17-/m0/s1. The molecule has 0 aromatic heterocycles. The molecule has 0 saturated heterocycles. The number of nitrogens with one attached hydrogen (secondary N) is 1. The van der Waals surface area contributed by atoms with Gasteiger partial charge < -0.3 is 14.8 Å². The highest BCUT2D eigenvalue weighted by atomic mass is 28.3. The van der Waals surface area contributed by atoms with Gasteiger partial charge in [0.25, 0.3) is 0 Å². The number of benzene rings is 1. The Morgan fingerprint density at radius 2 is 1.80 bits per heavy atom. The summed E-state index contributed by atoms with van der Waals surface area (Å²) >= 11 is 0. The maximum atomic E-state index is 12.1. The molecule has 5 nitrogen and oxygen atoms in total. The second kappa shape index (κ2) is 8.72. The van der Waals surface area contributed by atoms with Gasteiger partial charge in [0, 0.05) is 0 Å². The summed E-state index contributed by atoms with van der Waals surface area (Å²) in [5, 5.41) is 3.56. The minimum atomic E-state index is -2.15. The largest absolute Gasteiger partial charge is 0.452 e. The third kappa shape index (κ3) is 7.02. The highest BCUT2D eigenvalue weighted by Crippen LogP contribution is 2.13. The Balaban J connectivity index is 2.73. The van der Waals surface area contributed by atoms with E-state index in [1.165, 1.54) is 0 Å². The molecule has 0 unspecified atom stereocenters. The van der Waals surface area contributed by atoms with E-state index in [0.717, 1.165) is 5.19 Å². The van der Waals surface area contributed by atoms with Crippen LogP contribution in [0.3, 0.4) is 0 Å². The van der Waals surface area contributed by atoms with Gasteiger partial charge in [-0.3, -0.25) is 4.79 Å². The lowest BCUT2D eigenvalue weighted by Crippen LogP contribution is -2.54. The van der Waals surface area contributed by atoms with Crippen LogP contribution in [-0.2, 0) is 14.3 Å². The zero-order valence-corrected chi connectivity index (χ0v) is 16.8. The van der Waals surface area contributed by atoms with Crippen molar-refractivity contribution in [1.82, 2.24) is 5.32 Å². The molecule has 1 rings (SSSR count). The van der Waals surface area contributed by atoms with Crippen molar-refractivity contribution in [2.24, 2.45) is 0 Å². The van der Waals surface area contributed by atoms with Crippen LogP contribution in [0.5, 0.6) is 0 Å². The van der Waals surface area contributed by atoms with E-state index in [2.05, 4.69) is 30.3 Å². The van der Waals surface area contributed by atoms with Crippen LogP contribution in [0.1, 0.15) is 27.7 Å². The summed E-state index contributed by atoms with van der Waals surface area (Å²) in [6, 6.07) is 9.94. The number of ether oxygens (including phenoxy) is 2. The minimum Gasteiger partial charge on any atom is -0.452 e. The van der Waals surface area contributed by atoms with Crippen molar-refractivity contribution in [3.8, 4) is 11.8 Å². The van der Waals surface area contributed by atoms with E-state index in [1.54, 1.807) is 27.7 Å². The van der Waals surface area contributed by atoms with Gasteiger partial charge in [0.15, 0.2) is 5.73 Å². The zero-order chi connectivity index (χ0) is 19.1. The normalized spacial score (nSPS) is 12.4. The maximum absolute atomic E-state index is 12.1. The third-order valence-corrected chi connectivity index (χ3v) is 6.87. The van der Waals surface area contributed by atoms with Crippen LogP contribution in [0.2, 0.25) is 13.1 Å². The molecular formula is C19H27NO4Si. The van der Waals surface area contributed by atoms with Crippen LogP contribution in [0.25, 0.3) is 0 Å². The quantitative estimate of drug-likeness (QED) is 0.497. The molecule has 0 bridgehead atoms. The zero-order valence-electron chi connectivity index (χ0n) is 15.8. The molecule has 1 N–H and O–H groups in total. The molecule has 1 aromatic rings. The SMILES string of the molecule is CC#C[C@@H](OC(=O)CNC(=O)OC(C)(C)C)[Si](C)(C)c1ccccc1. The molecule has 1 amide bonds. The molecule has 25 heavy (non-hydrogen) atoms. The van der Waals surface area contributed by atoms with Gasteiger partial charge in [0.05, 0.1) is 0 Å². The number of carbonyl (C=O) groups is 2. The van der Waals surface area contributed by atoms with Crippen molar-refractivity contribution >= 4 is 25.3 Å². The Labute approximate surface area is 151 Å². The molecule has 0 aliphatic carbocycles. The van der Waals surface area contributed by atoms with Crippen LogP contribution >= 0.6 is 0 Å². The van der Waals surface area contributed by atoms with E-state index in [-0.39, 0.29) is 6.54 Å². The fraction of sp³-hybridized carbons (Fsp3) is 0.474. The average Bonchev–Trinajstić information content (AvgIpc) is 2.52. The van der Waals surface area contributed by atoms with Gasteiger partial charge in [-0.25, -0.2) is 4.79 Å². The van der Waals surface area contributed by atoms with Crippen LogP contribution in [0.4, 0.5) is 4.79 Å². The smallest absolute Gasteiger partial charge is 0.408 e. The van der Waals surface area contributed by atoms with Gasteiger partial charge in [-0.05, 0) is 27.7 Å². The molecule has 136 valence electrons. The number of alkyl carbamates (subject to hydrolysis) is 1. The lowest BCUT2D eigenvalue weighted by atomic mass is 10.2. The summed E-state index contributed by atoms with van der Waals surface area (Å²) in [7, 11) is -2.15. The Bertz CT molecular complexity index is 653. The fourth-order valence-electron chi connectivity index (χ4n) is 2.14. The van der Waals surface area contributed by atoms with E-state index in [4.69, 9.17) is 9.47 Å². The van der Waals surface area contributed by atoms with Crippen molar-refractivity contribution in [1.29, 1.82) is 0 Å². The van der Waals surface area contributed by atoms with E-state index < -0.39 is 31.5 Å². The predicted molar refractivity (Wildman–Crippen MR) is 101 cm³/mol.